The van der Waals surface area contributed by atoms with Crippen LogP contribution < -0.4 is 0 Å². The lowest BCUT2D eigenvalue weighted by atomic mass is 9.91. The molecule has 4 aromatic carbocycles. The van der Waals surface area contributed by atoms with Gasteiger partial charge < -0.3 is 5.11 Å². The molecule has 0 amide bonds. The average Bonchev–Trinajstić information content (AvgIpc) is 3.01. The maximum atomic E-state index is 10.9. The Bertz CT molecular complexity index is 1210. The zero-order valence-corrected chi connectivity index (χ0v) is 14.8. The fourth-order valence-electron chi connectivity index (χ4n) is 4.05. The lowest BCUT2D eigenvalue weighted by Gasteiger charge is -2.13. The molecule has 0 saturated carbocycles. The van der Waals surface area contributed by atoms with Crippen molar-refractivity contribution in [3.63, 3.8) is 0 Å². The molecule has 0 bridgehead atoms. The molecule has 0 saturated heterocycles. The topological polar surface area (TPSA) is 20.2 Å². The normalized spacial score (nSPS) is 14.3. The first-order valence-corrected chi connectivity index (χ1v) is 9.19. The van der Waals surface area contributed by atoms with Gasteiger partial charge in [0.05, 0.1) is 0 Å². The third-order valence-electron chi connectivity index (χ3n) is 5.28. The molecular weight excluding hydrogens is 328 g/mol. The van der Waals surface area contributed by atoms with Crippen molar-refractivity contribution >= 4 is 10.8 Å². The van der Waals surface area contributed by atoms with Gasteiger partial charge in [-0.15, -0.1) is 0 Å². The van der Waals surface area contributed by atoms with E-state index in [9.17, 15) is 5.11 Å². The van der Waals surface area contributed by atoms with Crippen LogP contribution in [0.1, 0.15) is 28.4 Å². The molecule has 1 aliphatic rings. The Morgan fingerprint density at radius 3 is 2.41 bits per heavy atom. The molecule has 128 valence electrons. The number of aliphatic hydroxyl groups excluding tert-OH is 1. The summed E-state index contributed by atoms with van der Waals surface area (Å²) in [4.78, 5) is 0. The van der Waals surface area contributed by atoms with Gasteiger partial charge in [0.2, 0.25) is 0 Å². The first-order chi connectivity index (χ1) is 13.3. The number of aliphatic hydroxyl groups is 1. The van der Waals surface area contributed by atoms with E-state index in [2.05, 4.69) is 42.2 Å². The number of fused-ring (bicyclic) bond motifs is 4. The van der Waals surface area contributed by atoms with E-state index < -0.39 is 6.10 Å². The van der Waals surface area contributed by atoms with Gasteiger partial charge in [-0.25, -0.2) is 0 Å². The van der Waals surface area contributed by atoms with Gasteiger partial charge in [-0.3, -0.25) is 0 Å². The van der Waals surface area contributed by atoms with Crippen LogP contribution in [0.5, 0.6) is 0 Å². The lowest BCUT2D eigenvalue weighted by molar-refractivity contribution is 0.225. The lowest BCUT2D eigenvalue weighted by Crippen LogP contribution is -1.96. The summed E-state index contributed by atoms with van der Waals surface area (Å²) in [6.07, 6.45) is 0.0845. The van der Waals surface area contributed by atoms with Crippen molar-refractivity contribution in [2.24, 2.45) is 0 Å². The van der Waals surface area contributed by atoms with Crippen LogP contribution in [0.4, 0.5) is 0 Å². The van der Waals surface area contributed by atoms with Crippen molar-refractivity contribution in [1.82, 2.24) is 0 Å². The Hall–Kier alpha value is -3.34. The third kappa shape index (κ3) is 2.63. The molecule has 5 rings (SSSR count). The quantitative estimate of drug-likeness (QED) is 0.452. The average molecular weight is 346 g/mol. The molecule has 1 aliphatic carbocycles. The smallest absolute Gasteiger partial charge is 0.105 e. The molecule has 0 spiro atoms. The van der Waals surface area contributed by atoms with E-state index in [0.717, 1.165) is 33.2 Å². The van der Waals surface area contributed by atoms with Crippen LogP contribution in [-0.2, 0) is 6.42 Å². The first kappa shape index (κ1) is 15.9. The molecular formula is C26H18O. The van der Waals surface area contributed by atoms with Gasteiger partial charge in [0, 0.05) is 12.0 Å². The Kier molecular flexibility index (Phi) is 3.78. The van der Waals surface area contributed by atoms with Crippen LogP contribution in [0.25, 0.3) is 21.9 Å². The summed E-state index contributed by atoms with van der Waals surface area (Å²) in [5.41, 5.74) is 6.48. The SMILES string of the molecule is OC1c2ccccc2-c2c1cc1ccccc1c2CC#Cc1ccccc1. The molecule has 1 heteroatoms. The number of hydrogen-bond donors (Lipinski definition) is 1. The molecule has 0 aliphatic heterocycles. The van der Waals surface area contributed by atoms with E-state index in [1.165, 1.54) is 10.9 Å². The van der Waals surface area contributed by atoms with Crippen molar-refractivity contribution < 1.29 is 5.11 Å². The largest absolute Gasteiger partial charge is 0.384 e. The molecule has 0 heterocycles. The second-order valence-corrected chi connectivity index (χ2v) is 6.87. The Balaban J connectivity index is 1.71. The van der Waals surface area contributed by atoms with Crippen LogP contribution in [0, 0.1) is 11.8 Å². The van der Waals surface area contributed by atoms with Crippen molar-refractivity contribution in [1.29, 1.82) is 0 Å². The molecule has 1 atom stereocenters. The molecule has 1 N–H and O–H groups in total. The third-order valence-corrected chi connectivity index (χ3v) is 5.28. The highest BCUT2D eigenvalue weighted by atomic mass is 16.3. The molecule has 1 nitrogen and oxygen atoms in total. The van der Waals surface area contributed by atoms with E-state index in [0.29, 0.717) is 6.42 Å². The molecule has 0 aromatic heterocycles. The van der Waals surface area contributed by atoms with Gasteiger partial charge >= 0.3 is 0 Å². The number of rotatable bonds is 1. The van der Waals surface area contributed by atoms with E-state index in [-0.39, 0.29) is 0 Å². The second kappa shape index (κ2) is 6.43. The minimum Gasteiger partial charge on any atom is -0.384 e. The van der Waals surface area contributed by atoms with Gasteiger partial charge in [0.25, 0.3) is 0 Å². The molecule has 0 fully saturated rings. The highest BCUT2D eigenvalue weighted by Crippen LogP contribution is 2.47. The zero-order chi connectivity index (χ0) is 18.2. The van der Waals surface area contributed by atoms with Crippen molar-refractivity contribution in [3.8, 4) is 23.0 Å². The van der Waals surface area contributed by atoms with Gasteiger partial charge in [-0.1, -0.05) is 78.6 Å². The van der Waals surface area contributed by atoms with E-state index >= 15 is 0 Å². The molecule has 4 aromatic rings. The predicted octanol–water partition coefficient (Wildman–Crippen LogP) is 5.50. The maximum Gasteiger partial charge on any atom is 0.105 e. The highest BCUT2D eigenvalue weighted by molar-refractivity contribution is 5.96. The molecule has 1 unspecified atom stereocenters. The van der Waals surface area contributed by atoms with E-state index in [1.807, 2.05) is 54.6 Å². The van der Waals surface area contributed by atoms with Crippen LogP contribution in [0.3, 0.4) is 0 Å². The molecule has 27 heavy (non-hydrogen) atoms. The second-order valence-electron chi connectivity index (χ2n) is 6.87. The predicted molar refractivity (Wildman–Crippen MR) is 110 cm³/mol. The van der Waals surface area contributed by atoms with Crippen LogP contribution in [0.2, 0.25) is 0 Å². The number of benzene rings is 4. The van der Waals surface area contributed by atoms with Gasteiger partial charge in [0.15, 0.2) is 0 Å². The summed E-state index contributed by atoms with van der Waals surface area (Å²) in [6.45, 7) is 0. The van der Waals surface area contributed by atoms with E-state index in [1.54, 1.807) is 0 Å². The number of hydrogen-bond acceptors (Lipinski definition) is 1. The zero-order valence-electron chi connectivity index (χ0n) is 14.8. The Morgan fingerprint density at radius 1 is 0.778 bits per heavy atom. The fraction of sp³-hybridized carbons (Fsp3) is 0.0769. The van der Waals surface area contributed by atoms with Crippen LogP contribution in [-0.4, -0.2) is 5.11 Å². The summed E-state index contributed by atoms with van der Waals surface area (Å²) >= 11 is 0. The van der Waals surface area contributed by atoms with Gasteiger partial charge in [-0.2, -0.15) is 0 Å². The summed E-state index contributed by atoms with van der Waals surface area (Å²) in [5.74, 6) is 6.63. The summed E-state index contributed by atoms with van der Waals surface area (Å²) in [7, 11) is 0. The van der Waals surface area contributed by atoms with Gasteiger partial charge in [0.1, 0.15) is 6.10 Å². The van der Waals surface area contributed by atoms with E-state index in [4.69, 9.17) is 0 Å². The summed E-state index contributed by atoms with van der Waals surface area (Å²) in [6, 6.07) is 28.7. The Labute approximate surface area is 158 Å². The molecule has 0 radical (unpaired) electrons. The van der Waals surface area contributed by atoms with Crippen molar-refractivity contribution in [2.75, 3.05) is 0 Å². The van der Waals surface area contributed by atoms with Gasteiger partial charge in [-0.05, 0) is 56.8 Å². The summed E-state index contributed by atoms with van der Waals surface area (Å²) in [5, 5.41) is 13.2. The maximum absolute atomic E-state index is 10.9. The minimum absolute atomic E-state index is 0.568. The standard InChI is InChI=1S/C26H18O/c27-26-23-15-7-6-14-22(23)25-21(16-8-11-18-9-2-1-3-10-18)20-13-5-4-12-19(20)17-24(25)26/h1-7,9-10,12-15,17,26-27H,16H2. The highest BCUT2D eigenvalue weighted by Gasteiger charge is 2.29. The van der Waals surface area contributed by atoms with Crippen molar-refractivity contribution in [2.45, 2.75) is 12.5 Å². The Morgan fingerprint density at radius 2 is 1.52 bits per heavy atom. The minimum atomic E-state index is -0.568. The fourth-order valence-corrected chi connectivity index (χ4v) is 4.05. The monoisotopic (exact) mass is 346 g/mol. The van der Waals surface area contributed by atoms with Crippen molar-refractivity contribution in [3.05, 3.63) is 107 Å². The van der Waals surface area contributed by atoms with Crippen LogP contribution >= 0.6 is 0 Å². The summed E-state index contributed by atoms with van der Waals surface area (Å²) < 4.78 is 0. The van der Waals surface area contributed by atoms with Crippen LogP contribution in [0.15, 0.2) is 84.9 Å². The first-order valence-electron chi connectivity index (χ1n) is 9.19.